The number of hydrogen-bond donors (Lipinski definition) is 0. The minimum absolute atomic E-state index is 0. The van der Waals surface area contributed by atoms with Gasteiger partial charge < -0.3 is 9.64 Å². The number of aromatic nitrogens is 3. The highest BCUT2D eigenvalue weighted by molar-refractivity contribution is 5.85. The number of piperazine rings is 1. The number of methoxy groups -OCH3 is 1. The summed E-state index contributed by atoms with van der Waals surface area (Å²) < 4.78 is 8.66. The molecular weight excluding hydrogens is 390 g/mol. The van der Waals surface area contributed by atoms with Crippen molar-refractivity contribution in [1.82, 2.24) is 19.1 Å². The van der Waals surface area contributed by atoms with Gasteiger partial charge in [0.1, 0.15) is 5.75 Å². The molecule has 0 spiro atoms. The lowest BCUT2D eigenvalue weighted by Gasteiger charge is -2.36. The first-order valence-electron chi connectivity index (χ1n) is 9.91. The summed E-state index contributed by atoms with van der Waals surface area (Å²) in [6, 6.07) is 13.8. The zero-order chi connectivity index (χ0) is 19.3. The number of pyridine rings is 1. The van der Waals surface area contributed by atoms with Crippen LogP contribution in [-0.2, 0) is 6.54 Å². The topological polar surface area (TPSA) is 55.0 Å². The maximum atomic E-state index is 12.3. The number of anilines is 1. The summed E-state index contributed by atoms with van der Waals surface area (Å²) in [7, 11) is 1.73. The Kier molecular flexibility index (Phi) is 7.17. The Morgan fingerprint density at radius 2 is 1.69 bits per heavy atom. The molecule has 0 bridgehead atoms. The standard InChI is InChI=1S/C21H27N5O2.ClH/c1-28-19-9-3-2-8-18(19)24-16-14-23(15-17-24)11-6-7-13-26-21(27)25-12-5-4-10-20(25)22-26;/h2-5,8-10,12H,6-7,11,13-17H2,1H3;1H. The van der Waals surface area contributed by atoms with Gasteiger partial charge in [-0.3, -0.25) is 9.30 Å². The molecule has 1 saturated heterocycles. The van der Waals surface area contributed by atoms with Gasteiger partial charge in [0.05, 0.1) is 12.8 Å². The molecule has 0 saturated carbocycles. The number of nitrogens with zero attached hydrogens (tertiary/aromatic N) is 5. The van der Waals surface area contributed by atoms with Crippen LogP contribution in [0.2, 0.25) is 0 Å². The van der Waals surface area contributed by atoms with Crippen molar-refractivity contribution in [3.8, 4) is 5.75 Å². The third-order valence-corrected chi connectivity index (χ3v) is 5.38. The largest absolute Gasteiger partial charge is 0.495 e. The fourth-order valence-electron chi connectivity index (χ4n) is 3.81. The average Bonchev–Trinajstić information content (AvgIpc) is 3.07. The first-order chi connectivity index (χ1) is 13.8. The summed E-state index contributed by atoms with van der Waals surface area (Å²) in [5.74, 6) is 0.939. The van der Waals surface area contributed by atoms with Gasteiger partial charge in [-0.25, -0.2) is 9.48 Å². The van der Waals surface area contributed by atoms with Gasteiger partial charge >= 0.3 is 5.69 Å². The van der Waals surface area contributed by atoms with Gasteiger partial charge in [-0.1, -0.05) is 18.2 Å². The third kappa shape index (κ3) is 4.74. The van der Waals surface area contributed by atoms with Crippen LogP contribution in [0.3, 0.4) is 0 Å². The highest BCUT2D eigenvalue weighted by Gasteiger charge is 2.19. The van der Waals surface area contributed by atoms with E-state index in [1.807, 2.05) is 30.3 Å². The molecule has 4 rings (SSSR count). The Hall–Kier alpha value is -2.51. The molecule has 0 aliphatic carbocycles. The number of aryl methyl sites for hydroxylation is 1. The lowest BCUT2D eigenvalue weighted by Crippen LogP contribution is -2.46. The molecule has 1 aliphatic heterocycles. The van der Waals surface area contributed by atoms with E-state index in [1.54, 1.807) is 22.4 Å². The van der Waals surface area contributed by atoms with E-state index < -0.39 is 0 Å². The molecule has 3 aromatic rings. The van der Waals surface area contributed by atoms with Gasteiger partial charge in [0.2, 0.25) is 0 Å². The Morgan fingerprint density at radius 1 is 0.966 bits per heavy atom. The van der Waals surface area contributed by atoms with Crippen molar-refractivity contribution in [3.05, 3.63) is 59.1 Å². The van der Waals surface area contributed by atoms with E-state index in [1.165, 1.54) is 5.69 Å². The van der Waals surface area contributed by atoms with Crippen molar-refractivity contribution in [3.63, 3.8) is 0 Å². The van der Waals surface area contributed by atoms with E-state index in [-0.39, 0.29) is 18.1 Å². The number of fused-ring (bicyclic) bond motifs is 1. The van der Waals surface area contributed by atoms with E-state index in [0.29, 0.717) is 12.2 Å². The van der Waals surface area contributed by atoms with Gasteiger partial charge in [-0.05, 0) is 43.7 Å². The second-order valence-electron chi connectivity index (χ2n) is 7.14. The van der Waals surface area contributed by atoms with E-state index in [4.69, 9.17) is 4.74 Å². The summed E-state index contributed by atoms with van der Waals surface area (Å²) in [5.41, 5.74) is 1.83. The van der Waals surface area contributed by atoms with E-state index in [9.17, 15) is 4.79 Å². The van der Waals surface area contributed by atoms with Crippen LogP contribution in [0.1, 0.15) is 12.8 Å². The molecule has 0 unspecified atom stereocenters. The summed E-state index contributed by atoms with van der Waals surface area (Å²) in [6.07, 6.45) is 3.79. The summed E-state index contributed by atoms with van der Waals surface area (Å²) >= 11 is 0. The fourth-order valence-corrected chi connectivity index (χ4v) is 3.81. The van der Waals surface area contributed by atoms with Crippen LogP contribution < -0.4 is 15.3 Å². The second kappa shape index (κ2) is 9.80. The molecule has 1 aliphatic rings. The fraction of sp³-hybridized carbons (Fsp3) is 0.429. The van der Waals surface area contributed by atoms with Crippen LogP contribution in [0.4, 0.5) is 5.69 Å². The lowest BCUT2D eigenvalue weighted by atomic mass is 10.2. The first-order valence-corrected chi connectivity index (χ1v) is 9.91. The van der Waals surface area contributed by atoms with Crippen molar-refractivity contribution in [2.24, 2.45) is 0 Å². The molecule has 3 heterocycles. The molecule has 2 aromatic heterocycles. The Morgan fingerprint density at radius 3 is 2.45 bits per heavy atom. The zero-order valence-electron chi connectivity index (χ0n) is 16.7. The second-order valence-corrected chi connectivity index (χ2v) is 7.14. The number of hydrogen-bond acceptors (Lipinski definition) is 5. The first kappa shape index (κ1) is 21.2. The van der Waals surface area contributed by atoms with Gasteiger partial charge in [-0.15, -0.1) is 17.5 Å². The van der Waals surface area contributed by atoms with Gasteiger partial charge in [0, 0.05) is 38.9 Å². The van der Waals surface area contributed by atoms with Crippen LogP contribution in [0, 0.1) is 0 Å². The van der Waals surface area contributed by atoms with E-state index in [2.05, 4.69) is 27.0 Å². The maximum absolute atomic E-state index is 12.3. The van der Waals surface area contributed by atoms with Crippen LogP contribution in [-0.4, -0.2) is 58.9 Å². The van der Waals surface area contributed by atoms with Gasteiger partial charge in [-0.2, -0.15) is 0 Å². The highest BCUT2D eigenvalue weighted by atomic mass is 35.5. The van der Waals surface area contributed by atoms with Crippen molar-refractivity contribution in [1.29, 1.82) is 0 Å². The molecule has 1 aromatic carbocycles. The molecule has 0 atom stereocenters. The molecule has 29 heavy (non-hydrogen) atoms. The number of benzene rings is 1. The van der Waals surface area contributed by atoms with Gasteiger partial charge in [0.25, 0.3) is 0 Å². The van der Waals surface area contributed by atoms with Crippen molar-refractivity contribution in [2.75, 3.05) is 44.7 Å². The summed E-state index contributed by atoms with van der Waals surface area (Å²) in [5, 5.41) is 4.39. The summed E-state index contributed by atoms with van der Waals surface area (Å²) in [4.78, 5) is 17.2. The Labute approximate surface area is 176 Å². The minimum atomic E-state index is -0.0546. The molecule has 0 radical (unpaired) electrons. The molecule has 0 N–H and O–H groups in total. The maximum Gasteiger partial charge on any atom is 0.350 e. The average molecular weight is 418 g/mol. The number of halogens is 1. The SMILES string of the molecule is COc1ccccc1N1CCN(CCCCn2nc3ccccn3c2=O)CC1.Cl. The van der Waals surface area contributed by atoms with Crippen LogP contribution in [0.15, 0.2) is 53.5 Å². The zero-order valence-corrected chi connectivity index (χ0v) is 17.6. The molecule has 1 fully saturated rings. The summed E-state index contributed by atoms with van der Waals surface area (Å²) in [6.45, 7) is 5.83. The van der Waals surface area contributed by atoms with Gasteiger partial charge in [0.15, 0.2) is 5.65 Å². The molecule has 8 heteroatoms. The van der Waals surface area contributed by atoms with Crippen LogP contribution >= 0.6 is 12.4 Å². The quantitative estimate of drug-likeness (QED) is 0.553. The number of para-hydroxylation sites is 2. The number of rotatable bonds is 7. The molecule has 156 valence electrons. The van der Waals surface area contributed by atoms with Crippen LogP contribution in [0.25, 0.3) is 5.65 Å². The van der Waals surface area contributed by atoms with Crippen molar-refractivity contribution in [2.45, 2.75) is 19.4 Å². The van der Waals surface area contributed by atoms with Crippen LogP contribution in [0.5, 0.6) is 5.75 Å². The normalized spacial score (nSPS) is 14.7. The number of unbranched alkanes of at least 4 members (excludes halogenated alkanes) is 1. The monoisotopic (exact) mass is 417 g/mol. The predicted octanol–water partition coefficient (Wildman–Crippen LogP) is 2.53. The smallest absolute Gasteiger partial charge is 0.350 e. The molecule has 0 amide bonds. The molecular formula is C21H28ClN5O2. The Balaban J connectivity index is 0.00000240. The minimum Gasteiger partial charge on any atom is -0.495 e. The van der Waals surface area contributed by atoms with E-state index in [0.717, 1.165) is 51.3 Å². The third-order valence-electron chi connectivity index (χ3n) is 5.38. The van der Waals surface area contributed by atoms with Crippen molar-refractivity contribution >= 4 is 23.7 Å². The molecule has 7 nitrogen and oxygen atoms in total. The Bertz CT molecular complexity index is 978. The van der Waals surface area contributed by atoms with E-state index >= 15 is 0 Å². The number of ether oxygens (including phenoxy) is 1. The predicted molar refractivity (Wildman–Crippen MR) is 118 cm³/mol. The van der Waals surface area contributed by atoms with Crippen molar-refractivity contribution < 1.29 is 4.74 Å². The lowest BCUT2D eigenvalue weighted by molar-refractivity contribution is 0.250. The highest BCUT2D eigenvalue weighted by Crippen LogP contribution is 2.28.